The molecule has 0 unspecified atom stereocenters. The molecule has 0 spiro atoms. The van der Waals surface area contributed by atoms with Crippen LogP contribution in [0.2, 0.25) is 0 Å². The molecule has 0 aromatic heterocycles. The Morgan fingerprint density at radius 3 is 2.21 bits per heavy atom. The molecular formula is C22H14F3NO3. The van der Waals surface area contributed by atoms with Crippen LogP contribution in [0.25, 0.3) is 11.1 Å². The average molecular weight is 397 g/mol. The number of carboxylic acid groups (broad SMARTS) is 1. The van der Waals surface area contributed by atoms with E-state index in [4.69, 9.17) is 15.1 Å². The van der Waals surface area contributed by atoms with Crippen molar-refractivity contribution in [3.05, 3.63) is 88.7 Å². The lowest BCUT2D eigenvalue weighted by molar-refractivity contribution is -0.136. The fourth-order valence-electron chi connectivity index (χ4n) is 2.72. The van der Waals surface area contributed by atoms with E-state index in [1.807, 2.05) is 6.07 Å². The Hall–Kier alpha value is -3.79. The largest absolute Gasteiger partial charge is 0.486 e. The molecule has 0 saturated carbocycles. The first-order valence-electron chi connectivity index (χ1n) is 8.49. The summed E-state index contributed by atoms with van der Waals surface area (Å²) in [5.41, 5.74) is 1.20. The Bertz CT molecular complexity index is 1120. The first-order chi connectivity index (χ1) is 13.9. The van der Waals surface area contributed by atoms with Crippen LogP contribution < -0.4 is 4.74 Å². The maximum absolute atomic E-state index is 14.1. The van der Waals surface area contributed by atoms with Crippen LogP contribution in [0, 0.1) is 28.8 Å². The molecule has 1 N–H and O–H groups in total. The van der Waals surface area contributed by atoms with Crippen molar-refractivity contribution < 1.29 is 27.8 Å². The Labute approximate surface area is 164 Å². The highest BCUT2D eigenvalue weighted by molar-refractivity contribution is 5.71. The van der Waals surface area contributed by atoms with Crippen molar-refractivity contribution in [3.63, 3.8) is 0 Å². The fraction of sp³-hybridized carbons (Fsp3) is 0.0909. The van der Waals surface area contributed by atoms with Gasteiger partial charge in [-0.05, 0) is 47.0 Å². The first kappa shape index (κ1) is 20.0. The van der Waals surface area contributed by atoms with Gasteiger partial charge in [0, 0.05) is 5.56 Å². The number of rotatable bonds is 6. The number of carbonyl (C=O) groups is 1. The van der Waals surface area contributed by atoms with Gasteiger partial charge < -0.3 is 9.84 Å². The van der Waals surface area contributed by atoms with Crippen molar-refractivity contribution in [2.45, 2.75) is 13.0 Å². The third-order valence-electron chi connectivity index (χ3n) is 4.22. The molecule has 0 aliphatic rings. The predicted octanol–water partition coefficient (Wildman–Crippen LogP) is 4.85. The highest BCUT2D eigenvalue weighted by Gasteiger charge is 2.12. The summed E-state index contributed by atoms with van der Waals surface area (Å²) in [5, 5.41) is 17.5. The molecule has 4 nitrogen and oxygen atoms in total. The quantitative estimate of drug-likeness (QED) is 0.646. The third kappa shape index (κ3) is 4.74. The van der Waals surface area contributed by atoms with Crippen molar-refractivity contribution in [3.8, 4) is 22.9 Å². The molecule has 3 rings (SSSR count). The number of halogens is 3. The zero-order valence-electron chi connectivity index (χ0n) is 15.0. The first-order valence-corrected chi connectivity index (χ1v) is 8.49. The van der Waals surface area contributed by atoms with Crippen LogP contribution in [-0.4, -0.2) is 11.1 Å². The lowest BCUT2D eigenvalue weighted by Crippen LogP contribution is -2.02. The molecule has 146 valence electrons. The molecule has 0 saturated heterocycles. The van der Waals surface area contributed by atoms with Gasteiger partial charge in [0.1, 0.15) is 18.2 Å². The van der Waals surface area contributed by atoms with Gasteiger partial charge in [-0.1, -0.05) is 24.3 Å². The Morgan fingerprint density at radius 1 is 0.897 bits per heavy atom. The third-order valence-corrected chi connectivity index (χ3v) is 4.22. The summed E-state index contributed by atoms with van der Waals surface area (Å²) >= 11 is 0. The van der Waals surface area contributed by atoms with Crippen LogP contribution in [-0.2, 0) is 17.8 Å². The van der Waals surface area contributed by atoms with E-state index in [0.29, 0.717) is 11.1 Å². The lowest BCUT2D eigenvalue weighted by atomic mass is 10.0. The number of carboxylic acids is 1. The van der Waals surface area contributed by atoms with Crippen molar-refractivity contribution in [2.24, 2.45) is 0 Å². The normalized spacial score (nSPS) is 10.4. The standard InChI is InChI=1S/C22H14F3NO3/c23-18-6-5-15(14-3-4-16(10-22(27)28)20(25)8-14)9-21(18)29-12-17-2-1-13(11-26)7-19(17)24/h1-9H,10,12H2,(H,27,28). The van der Waals surface area contributed by atoms with E-state index in [-0.39, 0.29) is 29.0 Å². The van der Waals surface area contributed by atoms with Gasteiger partial charge >= 0.3 is 5.97 Å². The number of hydrogen-bond acceptors (Lipinski definition) is 3. The van der Waals surface area contributed by atoms with Crippen LogP contribution in [0.15, 0.2) is 54.6 Å². The van der Waals surface area contributed by atoms with Gasteiger partial charge in [-0.25, -0.2) is 13.2 Å². The minimum absolute atomic E-state index is 0.0381. The number of nitriles is 1. The summed E-state index contributed by atoms with van der Waals surface area (Å²) in [6.07, 6.45) is -0.444. The van der Waals surface area contributed by atoms with E-state index in [9.17, 15) is 18.0 Å². The summed E-state index contributed by atoms with van der Waals surface area (Å²) in [7, 11) is 0. The minimum atomic E-state index is -1.15. The summed E-state index contributed by atoms with van der Waals surface area (Å²) < 4.78 is 47.5. The monoisotopic (exact) mass is 397 g/mol. The maximum Gasteiger partial charge on any atom is 0.307 e. The van der Waals surface area contributed by atoms with Gasteiger partial charge in [0.2, 0.25) is 0 Å². The van der Waals surface area contributed by atoms with Gasteiger partial charge in [0.05, 0.1) is 18.1 Å². The zero-order chi connectivity index (χ0) is 21.0. The highest BCUT2D eigenvalue weighted by Crippen LogP contribution is 2.28. The Balaban J connectivity index is 1.82. The molecule has 7 heteroatoms. The summed E-state index contributed by atoms with van der Waals surface area (Å²) in [4.78, 5) is 10.7. The SMILES string of the molecule is N#Cc1ccc(COc2cc(-c3ccc(CC(=O)O)c(F)c3)ccc2F)c(F)c1. The number of aliphatic carboxylic acids is 1. The molecule has 3 aromatic carbocycles. The van der Waals surface area contributed by atoms with Crippen LogP contribution in [0.1, 0.15) is 16.7 Å². The summed E-state index contributed by atoms with van der Waals surface area (Å²) in [6.45, 7) is -0.260. The highest BCUT2D eigenvalue weighted by atomic mass is 19.1. The maximum atomic E-state index is 14.1. The summed E-state index contributed by atoms with van der Waals surface area (Å²) in [5.74, 6) is -3.30. The van der Waals surface area contributed by atoms with E-state index in [1.54, 1.807) is 0 Å². The van der Waals surface area contributed by atoms with E-state index in [2.05, 4.69) is 0 Å². The second-order valence-corrected chi connectivity index (χ2v) is 6.23. The molecule has 29 heavy (non-hydrogen) atoms. The van der Waals surface area contributed by atoms with Crippen molar-refractivity contribution in [1.82, 2.24) is 0 Å². The van der Waals surface area contributed by atoms with E-state index < -0.39 is 29.8 Å². The van der Waals surface area contributed by atoms with E-state index in [0.717, 1.165) is 18.2 Å². The molecule has 0 bridgehead atoms. The molecule has 0 atom stereocenters. The Kier molecular flexibility index (Phi) is 5.84. The molecule has 0 heterocycles. The number of ether oxygens (including phenoxy) is 1. The number of hydrogen-bond donors (Lipinski definition) is 1. The van der Waals surface area contributed by atoms with Gasteiger partial charge in [-0.3, -0.25) is 4.79 Å². The second-order valence-electron chi connectivity index (χ2n) is 6.23. The number of benzene rings is 3. The van der Waals surface area contributed by atoms with Gasteiger partial charge in [-0.2, -0.15) is 5.26 Å². The van der Waals surface area contributed by atoms with Crippen LogP contribution in [0.4, 0.5) is 13.2 Å². The molecule has 0 amide bonds. The van der Waals surface area contributed by atoms with Crippen LogP contribution in [0.3, 0.4) is 0 Å². The molecule has 0 radical (unpaired) electrons. The van der Waals surface area contributed by atoms with Gasteiger partial charge in [0.25, 0.3) is 0 Å². The molecule has 0 aliphatic heterocycles. The molecular weight excluding hydrogens is 383 g/mol. The van der Waals surface area contributed by atoms with Crippen molar-refractivity contribution in [1.29, 1.82) is 5.26 Å². The van der Waals surface area contributed by atoms with Crippen molar-refractivity contribution >= 4 is 5.97 Å². The topological polar surface area (TPSA) is 70.3 Å². The van der Waals surface area contributed by atoms with E-state index in [1.165, 1.54) is 36.4 Å². The Morgan fingerprint density at radius 2 is 1.55 bits per heavy atom. The molecule has 0 aliphatic carbocycles. The lowest BCUT2D eigenvalue weighted by Gasteiger charge is -2.11. The fourth-order valence-corrected chi connectivity index (χ4v) is 2.72. The van der Waals surface area contributed by atoms with E-state index >= 15 is 0 Å². The van der Waals surface area contributed by atoms with Crippen molar-refractivity contribution in [2.75, 3.05) is 0 Å². The van der Waals surface area contributed by atoms with Gasteiger partial charge in [-0.15, -0.1) is 0 Å². The zero-order valence-corrected chi connectivity index (χ0v) is 15.0. The average Bonchev–Trinajstić information content (AvgIpc) is 2.69. The molecule has 3 aromatic rings. The summed E-state index contributed by atoms with van der Waals surface area (Å²) in [6, 6.07) is 13.7. The predicted molar refractivity (Wildman–Crippen MR) is 98.6 cm³/mol. The van der Waals surface area contributed by atoms with Gasteiger partial charge in [0.15, 0.2) is 11.6 Å². The smallest absolute Gasteiger partial charge is 0.307 e. The second kappa shape index (κ2) is 8.48. The minimum Gasteiger partial charge on any atom is -0.486 e. The number of nitrogens with zero attached hydrogens (tertiary/aromatic N) is 1. The molecule has 0 fully saturated rings. The van der Waals surface area contributed by atoms with Crippen LogP contribution in [0.5, 0.6) is 5.75 Å². The van der Waals surface area contributed by atoms with Crippen LogP contribution >= 0.6 is 0 Å².